The topological polar surface area (TPSA) is 51.0 Å². The van der Waals surface area contributed by atoms with E-state index in [4.69, 9.17) is 0 Å². The van der Waals surface area contributed by atoms with E-state index in [0.717, 1.165) is 36.7 Å². The van der Waals surface area contributed by atoms with Crippen molar-refractivity contribution >= 4 is 5.91 Å². The first-order chi connectivity index (χ1) is 11.8. The van der Waals surface area contributed by atoms with Crippen molar-refractivity contribution < 1.29 is 4.79 Å². The number of likely N-dealkylation sites (tertiary alicyclic amines) is 1. The highest BCUT2D eigenvalue weighted by Gasteiger charge is 2.32. The highest BCUT2D eigenvalue weighted by Crippen LogP contribution is 2.30. The van der Waals surface area contributed by atoms with E-state index in [1.165, 1.54) is 25.7 Å². The molecule has 0 spiro atoms. The van der Waals surface area contributed by atoms with Gasteiger partial charge in [-0.1, -0.05) is 61.2 Å². The Labute approximate surface area is 142 Å². The molecule has 1 saturated heterocycles. The molecule has 1 aliphatic heterocycles. The van der Waals surface area contributed by atoms with Crippen molar-refractivity contribution in [3.05, 3.63) is 36.5 Å². The van der Waals surface area contributed by atoms with E-state index in [9.17, 15) is 4.79 Å². The van der Waals surface area contributed by atoms with Gasteiger partial charge in [-0.2, -0.15) is 0 Å². The van der Waals surface area contributed by atoms with Gasteiger partial charge in [0.1, 0.15) is 5.69 Å². The molecule has 126 valence electrons. The molecule has 2 fully saturated rings. The van der Waals surface area contributed by atoms with Gasteiger partial charge < -0.3 is 4.90 Å². The molecule has 5 nitrogen and oxygen atoms in total. The summed E-state index contributed by atoms with van der Waals surface area (Å²) >= 11 is 0. The van der Waals surface area contributed by atoms with E-state index in [1.807, 2.05) is 46.1 Å². The average molecular weight is 324 g/mol. The van der Waals surface area contributed by atoms with E-state index >= 15 is 0 Å². The molecule has 1 aliphatic carbocycles. The van der Waals surface area contributed by atoms with Gasteiger partial charge in [0.15, 0.2) is 0 Å². The molecule has 1 aromatic carbocycles. The third-order valence-electron chi connectivity index (χ3n) is 5.41. The zero-order chi connectivity index (χ0) is 16.4. The molecule has 1 amide bonds. The van der Waals surface area contributed by atoms with E-state index in [0.29, 0.717) is 12.3 Å². The summed E-state index contributed by atoms with van der Waals surface area (Å²) in [6.07, 6.45) is 9.10. The van der Waals surface area contributed by atoms with Crippen molar-refractivity contribution in [1.82, 2.24) is 19.9 Å². The molecule has 2 aromatic rings. The minimum atomic E-state index is 0.269. The van der Waals surface area contributed by atoms with Gasteiger partial charge in [0, 0.05) is 25.1 Å². The van der Waals surface area contributed by atoms with Crippen LogP contribution in [0, 0.1) is 5.92 Å². The second-order valence-electron chi connectivity index (χ2n) is 7.09. The first-order valence-electron chi connectivity index (χ1n) is 9.04. The Morgan fingerprint density at radius 2 is 1.88 bits per heavy atom. The maximum atomic E-state index is 12.3. The SMILES string of the molecule is O=C(CCC1CCCC1)N1CC(n2cc(-c3ccccc3)nn2)C1. The predicted octanol–water partition coefficient (Wildman–Crippen LogP) is 3.30. The molecular weight excluding hydrogens is 300 g/mol. The Morgan fingerprint density at radius 3 is 2.62 bits per heavy atom. The minimum absolute atomic E-state index is 0.269. The molecule has 0 bridgehead atoms. The van der Waals surface area contributed by atoms with Crippen molar-refractivity contribution in [2.75, 3.05) is 13.1 Å². The zero-order valence-corrected chi connectivity index (χ0v) is 14.0. The van der Waals surface area contributed by atoms with Crippen molar-refractivity contribution in [1.29, 1.82) is 0 Å². The Kier molecular flexibility index (Phi) is 4.32. The van der Waals surface area contributed by atoms with Gasteiger partial charge in [0.05, 0.1) is 12.2 Å². The van der Waals surface area contributed by atoms with Gasteiger partial charge in [-0.05, 0) is 12.3 Å². The van der Waals surface area contributed by atoms with E-state index in [-0.39, 0.29) is 6.04 Å². The summed E-state index contributed by atoms with van der Waals surface area (Å²) in [5, 5.41) is 8.50. The predicted molar refractivity (Wildman–Crippen MR) is 92.3 cm³/mol. The molecule has 0 unspecified atom stereocenters. The number of carbonyl (C=O) groups excluding carboxylic acids is 1. The van der Waals surface area contributed by atoms with Crippen LogP contribution in [0.25, 0.3) is 11.3 Å². The molecule has 0 atom stereocenters. The van der Waals surface area contributed by atoms with Gasteiger partial charge in [0.25, 0.3) is 0 Å². The van der Waals surface area contributed by atoms with Crippen LogP contribution in [0.1, 0.15) is 44.6 Å². The standard InChI is InChI=1S/C19H24N4O/c24-19(11-10-15-6-4-5-7-15)22-12-17(13-22)23-14-18(20-21-23)16-8-2-1-3-9-16/h1-3,8-9,14-15,17H,4-7,10-13H2. The third kappa shape index (κ3) is 3.21. The van der Waals surface area contributed by atoms with E-state index < -0.39 is 0 Å². The first kappa shape index (κ1) is 15.4. The fourth-order valence-electron chi connectivity index (χ4n) is 3.81. The second-order valence-corrected chi connectivity index (χ2v) is 7.09. The van der Waals surface area contributed by atoms with Crippen LogP contribution in [0.4, 0.5) is 0 Å². The van der Waals surface area contributed by atoms with Crippen molar-refractivity contribution in [3.8, 4) is 11.3 Å². The monoisotopic (exact) mass is 324 g/mol. The summed E-state index contributed by atoms with van der Waals surface area (Å²) in [5.41, 5.74) is 1.97. The molecule has 0 N–H and O–H groups in total. The maximum Gasteiger partial charge on any atom is 0.222 e. The molecule has 2 aliphatic rings. The highest BCUT2D eigenvalue weighted by molar-refractivity contribution is 5.77. The lowest BCUT2D eigenvalue weighted by atomic mass is 10.00. The van der Waals surface area contributed by atoms with Gasteiger partial charge in [-0.3, -0.25) is 4.79 Å². The van der Waals surface area contributed by atoms with Crippen LogP contribution >= 0.6 is 0 Å². The van der Waals surface area contributed by atoms with Gasteiger partial charge in [0.2, 0.25) is 5.91 Å². The quantitative estimate of drug-likeness (QED) is 0.848. The Morgan fingerprint density at radius 1 is 1.12 bits per heavy atom. The molecule has 1 saturated carbocycles. The summed E-state index contributed by atoms with van der Waals surface area (Å²) in [5.74, 6) is 1.09. The maximum absolute atomic E-state index is 12.3. The Hall–Kier alpha value is -2.17. The summed E-state index contributed by atoms with van der Waals surface area (Å²) in [6.45, 7) is 1.53. The smallest absolute Gasteiger partial charge is 0.222 e. The van der Waals surface area contributed by atoms with E-state index in [2.05, 4.69) is 10.3 Å². The number of benzene rings is 1. The molecule has 1 aromatic heterocycles. The van der Waals surface area contributed by atoms with Gasteiger partial charge >= 0.3 is 0 Å². The Balaban J connectivity index is 1.28. The van der Waals surface area contributed by atoms with Crippen LogP contribution in [-0.4, -0.2) is 38.9 Å². The van der Waals surface area contributed by atoms with Crippen LogP contribution in [0.2, 0.25) is 0 Å². The largest absolute Gasteiger partial charge is 0.338 e. The molecule has 4 rings (SSSR count). The fourth-order valence-corrected chi connectivity index (χ4v) is 3.81. The van der Waals surface area contributed by atoms with Crippen molar-refractivity contribution in [2.45, 2.75) is 44.6 Å². The van der Waals surface area contributed by atoms with Crippen molar-refractivity contribution in [3.63, 3.8) is 0 Å². The number of hydrogen-bond donors (Lipinski definition) is 0. The number of hydrogen-bond acceptors (Lipinski definition) is 3. The zero-order valence-electron chi connectivity index (χ0n) is 14.0. The second kappa shape index (κ2) is 6.75. The van der Waals surface area contributed by atoms with Gasteiger partial charge in [-0.15, -0.1) is 5.10 Å². The summed E-state index contributed by atoms with van der Waals surface area (Å²) < 4.78 is 1.91. The minimum Gasteiger partial charge on any atom is -0.338 e. The number of aromatic nitrogens is 3. The molecule has 2 heterocycles. The van der Waals surface area contributed by atoms with Crippen molar-refractivity contribution in [2.24, 2.45) is 5.92 Å². The lowest BCUT2D eigenvalue weighted by molar-refractivity contribution is -0.137. The molecule has 24 heavy (non-hydrogen) atoms. The van der Waals surface area contributed by atoms with Crippen LogP contribution in [-0.2, 0) is 4.79 Å². The Bertz CT molecular complexity index is 684. The molecule has 5 heteroatoms. The highest BCUT2D eigenvalue weighted by atomic mass is 16.2. The normalized spacial score (nSPS) is 18.8. The summed E-state index contributed by atoms with van der Waals surface area (Å²) in [6, 6.07) is 10.3. The number of carbonyl (C=O) groups is 1. The number of rotatable bonds is 5. The molecule has 0 radical (unpaired) electrons. The van der Waals surface area contributed by atoms with Crippen LogP contribution in [0.15, 0.2) is 36.5 Å². The third-order valence-corrected chi connectivity index (χ3v) is 5.41. The van der Waals surface area contributed by atoms with Crippen LogP contribution < -0.4 is 0 Å². The average Bonchev–Trinajstić information content (AvgIpc) is 3.24. The molecular formula is C19H24N4O. The summed E-state index contributed by atoms with van der Waals surface area (Å²) in [4.78, 5) is 14.2. The van der Waals surface area contributed by atoms with Gasteiger partial charge in [-0.25, -0.2) is 4.68 Å². The number of nitrogens with zero attached hydrogens (tertiary/aromatic N) is 4. The first-order valence-corrected chi connectivity index (χ1v) is 9.04. The fraction of sp³-hybridized carbons (Fsp3) is 0.526. The number of amides is 1. The van der Waals surface area contributed by atoms with E-state index in [1.54, 1.807) is 0 Å². The van der Waals surface area contributed by atoms with Crippen LogP contribution in [0.5, 0.6) is 0 Å². The lowest BCUT2D eigenvalue weighted by Gasteiger charge is -2.39. The lowest BCUT2D eigenvalue weighted by Crippen LogP contribution is -2.50. The van der Waals surface area contributed by atoms with Crippen LogP contribution in [0.3, 0.4) is 0 Å². The summed E-state index contributed by atoms with van der Waals surface area (Å²) in [7, 11) is 0.